The Bertz CT molecular complexity index is 1220. The lowest BCUT2D eigenvalue weighted by Gasteiger charge is -2.32. The molecule has 2 N–H and O–H groups in total. The summed E-state index contributed by atoms with van der Waals surface area (Å²) in [5.41, 5.74) is 1.65. The van der Waals surface area contributed by atoms with Crippen molar-refractivity contribution in [3.8, 4) is 0 Å². The van der Waals surface area contributed by atoms with Gasteiger partial charge in [0.15, 0.2) is 11.6 Å². The zero-order valence-corrected chi connectivity index (χ0v) is 21.8. The third-order valence-corrected chi connectivity index (χ3v) is 6.04. The van der Waals surface area contributed by atoms with E-state index in [2.05, 4.69) is 18.5 Å². The number of hydrogen-bond donors (Lipinski definition) is 2. The summed E-state index contributed by atoms with van der Waals surface area (Å²) >= 11 is 0. The Morgan fingerprint density at radius 1 is 0.895 bits per heavy atom. The first kappa shape index (κ1) is 28.6. The number of carbonyl (C=O) groups is 4. The molecule has 2 aliphatic rings. The maximum absolute atomic E-state index is 13.5. The van der Waals surface area contributed by atoms with Gasteiger partial charge < -0.3 is 24.6 Å². The van der Waals surface area contributed by atoms with E-state index in [4.69, 9.17) is 14.2 Å². The Hall–Kier alpha value is -3.98. The monoisotopic (exact) mass is 523 g/mol. The second-order valence-corrected chi connectivity index (χ2v) is 9.20. The van der Waals surface area contributed by atoms with Gasteiger partial charge in [-0.05, 0) is 26.7 Å². The molecule has 1 unspecified atom stereocenters. The Morgan fingerprint density at radius 3 is 2.03 bits per heavy atom. The lowest BCUT2D eigenvalue weighted by molar-refractivity contribution is -0.140. The fourth-order valence-electron chi connectivity index (χ4n) is 4.10. The largest absolute Gasteiger partial charge is 0.511 e. The zero-order chi connectivity index (χ0) is 27.8. The second kappa shape index (κ2) is 13.0. The molecule has 3 rings (SSSR count). The summed E-state index contributed by atoms with van der Waals surface area (Å²) in [7, 11) is 0. The Kier molecular flexibility index (Phi) is 9.78. The molecule has 9 heteroatoms. The molecular formula is C29H33NO8. The molecule has 202 valence electrons. The lowest BCUT2D eigenvalue weighted by atomic mass is 9.76. The number of rotatable bonds is 13. The topological polar surface area (TPSA) is 128 Å². The van der Waals surface area contributed by atoms with Crippen LogP contribution < -0.4 is 5.32 Å². The highest BCUT2D eigenvalue weighted by Crippen LogP contribution is 2.38. The van der Waals surface area contributed by atoms with Crippen LogP contribution in [0.1, 0.15) is 60.2 Å². The molecule has 0 aromatic heterocycles. The van der Waals surface area contributed by atoms with Gasteiger partial charge in [0.1, 0.15) is 11.9 Å². The molecule has 0 radical (unpaired) electrons. The first-order chi connectivity index (χ1) is 18.1. The van der Waals surface area contributed by atoms with E-state index >= 15 is 0 Å². The number of aliphatic hydroxyl groups excluding tert-OH is 1. The predicted molar refractivity (Wildman–Crippen MR) is 140 cm³/mol. The molecule has 0 heterocycles. The molecule has 0 fully saturated rings. The van der Waals surface area contributed by atoms with E-state index in [0.29, 0.717) is 42.7 Å². The molecule has 0 saturated heterocycles. The zero-order valence-electron chi connectivity index (χ0n) is 21.8. The van der Waals surface area contributed by atoms with Crippen LogP contribution in [0.4, 0.5) is 0 Å². The van der Waals surface area contributed by atoms with Gasteiger partial charge in [-0.15, -0.1) is 0 Å². The minimum Gasteiger partial charge on any atom is -0.511 e. The normalized spacial score (nSPS) is 16.5. The summed E-state index contributed by atoms with van der Waals surface area (Å²) in [5.74, 6) is -1.93. The van der Waals surface area contributed by atoms with Gasteiger partial charge in [-0.1, -0.05) is 37.4 Å². The van der Waals surface area contributed by atoms with Crippen LogP contribution in [0.15, 0.2) is 71.2 Å². The van der Waals surface area contributed by atoms with Gasteiger partial charge in [0, 0.05) is 41.7 Å². The molecule has 1 aromatic rings. The number of carbonyl (C=O) groups excluding carboxylic acids is 4. The minimum atomic E-state index is -0.714. The third-order valence-electron chi connectivity index (χ3n) is 6.04. The van der Waals surface area contributed by atoms with Gasteiger partial charge in [0.05, 0.1) is 36.7 Å². The quantitative estimate of drug-likeness (QED) is 0.225. The molecule has 0 saturated carbocycles. The Balaban J connectivity index is 1.76. The number of benzene rings is 1. The summed E-state index contributed by atoms with van der Waals surface area (Å²) in [4.78, 5) is 49.9. The van der Waals surface area contributed by atoms with Crippen molar-refractivity contribution in [3.05, 3.63) is 82.3 Å². The number of unbranched alkanes of at least 4 members (excludes halogenated alkanes) is 1. The van der Waals surface area contributed by atoms with Crippen molar-refractivity contribution < 1.29 is 38.5 Å². The molecule has 0 amide bonds. The average molecular weight is 524 g/mol. The fraction of sp³-hybridized carbons (Fsp3) is 0.379. The number of ether oxygens (including phenoxy) is 3. The highest BCUT2D eigenvalue weighted by Gasteiger charge is 2.41. The van der Waals surface area contributed by atoms with E-state index in [-0.39, 0.29) is 60.1 Å². The lowest BCUT2D eigenvalue weighted by Crippen LogP contribution is -2.38. The summed E-state index contributed by atoms with van der Waals surface area (Å²) in [6.07, 6.45) is 0.850. The number of nitrogens with one attached hydrogen (secondary N) is 1. The summed E-state index contributed by atoms with van der Waals surface area (Å²) in [6, 6.07) is 6.51. The maximum atomic E-state index is 13.5. The van der Waals surface area contributed by atoms with Crippen LogP contribution in [0.2, 0.25) is 0 Å². The molecular weight excluding hydrogens is 490 g/mol. The van der Waals surface area contributed by atoms with Crippen LogP contribution >= 0.6 is 0 Å². The van der Waals surface area contributed by atoms with E-state index in [1.165, 1.54) is 0 Å². The SMILES string of the molecule is C=C(C)C(=O)OCCCCNC1=C2C(=O)c3ccccc3C(=O)C2=C(O)CC1OCCCOC(=O)C(=C)C. The standard InChI is InChI=1S/C29H33NO8/c1-17(2)28(34)37-13-8-7-12-30-25-22(36-14-9-15-38-29(35)18(3)4)16-21(31)23-24(25)27(33)20-11-6-5-10-19(20)26(23)32/h5-6,10-11,22,30-31H,1,3,7-9,12-16H2,2,4H3. The summed E-state index contributed by atoms with van der Waals surface area (Å²) in [5, 5.41) is 14.1. The molecule has 1 aromatic carbocycles. The van der Waals surface area contributed by atoms with Gasteiger partial charge in [-0.25, -0.2) is 9.59 Å². The van der Waals surface area contributed by atoms with E-state index in [1.807, 2.05) is 0 Å². The third kappa shape index (κ3) is 6.66. The smallest absolute Gasteiger partial charge is 0.333 e. The number of hydrogen-bond acceptors (Lipinski definition) is 9. The summed E-state index contributed by atoms with van der Waals surface area (Å²) < 4.78 is 16.2. The number of Topliss-reactive ketones (excluding diaryl/α,β-unsaturated/α-hetero) is 2. The van der Waals surface area contributed by atoms with E-state index in [1.54, 1.807) is 38.1 Å². The first-order valence-corrected chi connectivity index (χ1v) is 12.5. The van der Waals surface area contributed by atoms with E-state index in [9.17, 15) is 24.3 Å². The van der Waals surface area contributed by atoms with Crippen LogP contribution in [-0.2, 0) is 23.8 Å². The number of aliphatic hydroxyl groups is 1. The van der Waals surface area contributed by atoms with Crippen LogP contribution in [0, 0.1) is 0 Å². The number of allylic oxidation sites excluding steroid dienone is 2. The minimum absolute atomic E-state index is 0.00410. The predicted octanol–water partition coefficient (Wildman–Crippen LogP) is 3.92. The van der Waals surface area contributed by atoms with Gasteiger partial charge in [-0.2, -0.15) is 0 Å². The van der Waals surface area contributed by atoms with Crippen LogP contribution in [0.3, 0.4) is 0 Å². The maximum Gasteiger partial charge on any atom is 0.333 e. The van der Waals surface area contributed by atoms with Crippen molar-refractivity contribution in [2.45, 2.75) is 45.6 Å². The van der Waals surface area contributed by atoms with Crippen LogP contribution in [0.25, 0.3) is 0 Å². The van der Waals surface area contributed by atoms with Gasteiger partial charge in [0.2, 0.25) is 0 Å². The first-order valence-electron chi connectivity index (χ1n) is 12.5. The Morgan fingerprint density at radius 2 is 1.45 bits per heavy atom. The average Bonchev–Trinajstić information content (AvgIpc) is 2.89. The fourth-order valence-corrected chi connectivity index (χ4v) is 4.10. The van der Waals surface area contributed by atoms with Crippen molar-refractivity contribution in [2.24, 2.45) is 0 Å². The van der Waals surface area contributed by atoms with Crippen molar-refractivity contribution in [1.82, 2.24) is 5.32 Å². The van der Waals surface area contributed by atoms with E-state index < -0.39 is 23.8 Å². The van der Waals surface area contributed by atoms with Crippen molar-refractivity contribution in [2.75, 3.05) is 26.4 Å². The highest BCUT2D eigenvalue weighted by atomic mass is 16.5. The molecule has 2 aliphatic carbocycles. The molecule has 1 atom stereocenters. The number of fused-ring (bicyclic) bond motifs is 2. The van der Waals surface area contributed by atoms with Crippen molar-refractivity contribution in [1.29, 1.82) is 0 Å². The van der Waals surface area contributed by atoms with Gasteiger partial charge in [-0.3, -0.25) is 9.59 Å². The van der Waals surface area contributed by atoms with Crippen molar-refractivity contribution in [3.63, 3.8) is 0 Å². The molecule has 0 aliphatic heterocycles. The molecule has 0 bridgehead atoms. The number of esters is 2. The highest BCUT2D eigenvalue weighted by molar-refractivity contribution is 6.31. The second-order valence-electron chi connectivity index (χ2n) is 9.20. The summed E-state index contributed by atoms with van der Waals surface area (Å²) in [6.45, 7) is 11.2. The van der Waals surface area contributed by atoms with Crippen LogP contribution in [-0.4, -0.2) is 61.1 Å². The van der Waals surface area contributed by atoms with Gasteiger partial charge >= 0.3 is 11.9 Å². The number of ketones is 2. The Labute approximate surface area is 221 Å². The molecule has 38 heavy (non-hydrogen) atoms. The van der Waals surface area contributed by atoms with Gasteiger partial charge in [0.25, 0.3) is 0 Å². The van der Waals surface area contributed by atoms with Crippen LogP contribution in [0.5, 0.6) is 0 Å². The molecule has 9 nitrogen and oxygen atoms in total. The van der Waals surface area contributed by atoms with E-state index in [0.717, 1.165) is 0 Å². The molecule has 0 spiro atoms. The van der Waals surface area contributed by atoms with Crippen molar-refractivity contribution >= 4 is 23.5 Å².